The Hall–Kier alpha value is -3.81. The summed E-state index contributed by atoms with van der Waals surface area (Å²) in [7, 11) is 0. The number of aliphatic hydroxyl groups is 1. The molecule has 10 nitrogen and oxygen atoms in total. The summed E-state index contributed by atoms with van der Waals surface area (Å²) in [5.74, 6) is -0.565. The standard InChI is InChI=1S/C25H22ClF3N6O4/c1-14(36)12-35-23(25(27,28)29)17(11-32-35)22-19(18-5-6-30-13-31-18)21(33-39-22)15-3-2-4-16(20(15)26)24(37)34-7-9-38-10-8-34/h2-6,11,13-14,36H,7-10,12H2,1H3. The Morgan fingerprint density at radius 1 is 1.21 bits per heavy atom. The number of halogens is 4. The lowest BCUT2D eigenvalue weighted by molar-refractivity contribution is -0.144. The predicted molar refractivity (Wildman–Crippen MR) is 133 cm³/mol. The van der Waals surface area contributed by atoms with Crippen molar-refractivity contribution in [3.8, 4) is 33.8 Å². The van der Waals surface area contributed by atoms with E-state index >= 15 is 0 Å². The summed E-state index contributed by atoms with van der Waals surface area (Å²) >= 11 is 6.72. The lowest BCUT2D eigenvalue weighted by Crippen LogP contribution is -2.40. The van der Waals surface area contributed by atoms with Gasteiger partial charge in [0.1, 0.15) is 12.0 Å². The lowest BCUT2D eigenvalue weighted by atomic mass is 9.98. The van der Waals surface area contributed by atoms with E-state index in [4.69, 9.17) is 20.9 Å². The molecule has 1 aliphatic heterocycles. The van der Waals surface area contributed by atoms with E-state index < -0.39 is 30.1 Å². The van der Waals surface area contributed by atoms with Crippen LogP contribution in [0, 0.1) is 0 Å². The fourth-order valence-corrected chi connectivity index (χ4v) is 4.69. The molecule has 1 fully saturated rings. The number of morpholine rings is 1. The van der Waals surface area contributed by atoms with Crippen molar-refractivity contribution in [2.45, 2.75) is 25.7 Å². The van der Waals surface area contributed by atoms with Gasteiger partial charge in [-0.05, 0) is 19.1 Å². The van der Waals surface area contributed by atoms with E-state index in [9.17, 15) is 23.1 Å². The molecule has 1 saturated heterocycles. The molecular formula is C25H22ClF3N6O4. The summed E-state index contributed by atoms with van der Waals surface area (Å²) in [5, 5.41) is 17.7. The minimum absolute atomic E-state index is 0.0602. The molecule has 0 saturated carbocycles. The van der Waals surface area contributed by atoms with Crippen LogP contribution in [-0.2, 0) is 17.5 Å². The van der Waals surface area contributed by atoms with E-state index in [1.807, 2.05) is 0 Å². The van der Waals surface area contributed by atoms with Crippen LogP contribution in [-0.4, -0.2) is 73.2 Å². The molecule has 39 heavy (non-hydrogen) atoms. The number of hydrogen-bond acceptors (Lipinski definition) is 8. The minimum Gasteiger partial charge on any atom is -0.391 e. The van der Waals surface area contributed by atoms with Crippen LogP contribution in [0.15, 0.2) is 47.5 Å². The number of ether oxygens (including phenoxy) is 1. The fourth-order valence-electron chi connectivity index (χ4n) is 4.39. The molecule has 1 atom stereocenters. The molecule has 4 heterocycles. The van der Waals surface area contributed by atoms with Crippen LogP contribution in [0.2, 0.25) is 5.02 Å². The molecule has 14 heteroatoms. The third-order valence-electron chi connectivity index (χ3n) is 6.10. The molecule has 204 valence electrons. The van der Waals surface area contributed by atoms with Crippen molar-refractivity contribution < 1.29 is 32.3 Å². The molecule has 0 aliphatic carbocycles. The largest absolute Gasteiger partial charge is 0.433 e. The predicted octanol–water partition coefficient (Wildman–Crippen LogP) is 4.19. The molecule has 0 bridgehead atoms. The molecule has 1 amide bonds. The van der Waals surface area contributed by atoms with Gasteiger partial charge in [-0.3, -0.25) is 9.48 Å². The van der Waals surface area contributed by atoms with Crippen LogP contribution in [0.25, 0.3) is 33.8 Å². The van der Waals surface area contributed by atoms with Gasteiger partial charge in [0, 0.05) is 24.8 Å². The second kappa shape index (κ2) is 10.8. The number of rotatable bonds is 6. The Labute approximate surface area is 225 Å². The Balaban J connectivity index is 1.69. The van der Waals surface area contributed by atoms with E-state index in [0.717, 1.165) is 6.20 Å². The topological polar surface area (TPSA) is 119 Å². The Morgan fingerprint density at radius 3 is 2.64 bits per heavy atom. The number of benzene rings is 1. The van der Waals surface area contributed by atoms with Crippen molar-refractivity contribution in [2.24, 2.45) is 0 Å². The average Bonchev–Trinajstić information content (AvgIpc) is 3.53. The maximum atomic E-state index is 14.2. The second-order valence-corrected chi connectivity index (χ2v) is 9.22. The summed E-state index contributed by atoms with van der Waals surface area (Å²) < 4.78 is 54.2. The number of amides is 1. The van der Waals surface area contributed by atoms with E-state index in [0.29, 0.717) is 31.0 Å². The smallest absolute Gasteiger partial charge is 0.391 e. The van der Waals surface area contributed by atoms with E-state index in [2.05, 4.69) is 20.2 Å². The first-order valence-electron chi connectivity index (χ1n) is 11.9. The zero-order chi connectivity index (χ0) is 27.7. The van der Waals surface area contributed by atoms with Crippen LogP contribution in [0.3, 0.4) is 0 Å². The van der Waals surface area contributed by atoms with Gasteiger partial charge < -0.3 is 19.3 Å². The zero-order valence-electron chi connectivity index (χ0n) is 20.5. The summed E-state index contributed by atoms with van der Waals surface area (Å²) in [6.07, 6.45) is -2.27. The third-order valence-corrected chi connectivity index (χ3v) is 6.51. The molecule has 3 aromatic heterocycles. The molecule has 0 spiro atoms. The summed E-state index contributed by atoms with van der Waals surface area (Å²) in [6.45, 7) is 2.56. The first-order chi connectivity index (χ1) is 18.7. The number of carbonyl (C=O) groups is 1. The highest BCUT2D eigenvalue weighted by Crippen LogP contribution is 2.45. The minimum atomic E-state index is -4.83. The highest BCUT2D eigenvalue weighted by molar-refractivity contribution is 6.36. The van der Waals surface area contributed by atoms with Crippen molar-refractivity contribution in [3.63, 3.8) is 0 Å². The van der Waals surface area contributed by atoms with Gasteiger partial charge in [0.15, 0.2) is 11.5 Å². The average molecular weight is 563 g/mol. The monoisotopic (exact) mass is 562 g/mol. The van der Waals surface area contributed by atoms with Crippen LogP contribution in [0.1, 0.15) is 23.0 Å². The van der Waals surface area contributed by atoms with Crippen LogP contribution >= 0.6 is 11.6 Å². The number of hydrogen-bond donors (Lipinski definition) is 1. The molecule has 1 aromatic carbocycles. The van der Waals surface area contributed by atoms with Crippen molar-refractivity contribution in [2.75, 3.05) is 26.3 Å². The Morgan fingerprint density at radius 2 is 1.97 bits per heavy atom. The maximum absolute atomic E-state index is 14.2. The van der Waals surface area contributed by atoms with Crippen LogP contribution in [0.4, 0.5) is 13.2 Å². The van der Waals surface area contributed by atoms with Gasteiger partial charge in [-0.25, -0.2) is 9.97 Å². The first-order valence-corrected chi connectivity index (χ1v) is 12.3. The number of carbonyl (C=O) groups excluding carboxylic acids is 1. The molecule has 1 unspecified atom stereocenters. The SMILES string of the molecule is CC(O)Cn1ncc(-c2onc(-c3cccc(C(=O)N4CCOCC4)c3Cl)c2-c2ccncn2)c1C(F)(F)F. The molecule has 5 rings (SSSR count). The first kappa shape index (κ1) is 26.8. The number of nitrogens with zero attached hydrogens (tertiary/aromatic N) is 6. The summed E-state index contributed by atoms with van der Waals surface area (Å²) in [6, 6.07) is 6.25. The molecule has 1 N–H and O–H groups in total. The molecular weight excluding hydrogens is 541 g/mol. The third kappa shape index (κ3) is 5.24. The van der Waals surface area contributed by atoms with Crippen molar-refractivity contribution >= 4 is 17.5 Å². The highest BCUT2D eigenvalue weighted by atomic mass is 35.5. The van der Waals surface area contributed by atoms with Gasteiger partial charge in [0.05, 0.1) is 59.5 Å². The van der Waals surface area contributed by atoms with Crippen molar-refractivity contribution in [3.05, 3.63) is 59.3 Å². The van der Waals surface area contributed by atoms with Gasteiger partial charge >= 0.3 is 6.18 Å². The van der Waals surface area contributed by atoms with E-state index in [-0.39, 0.29) is 44.8 Å². The zero-order valence-corrected chi connectivity index (χ0v) is 21.3. The Kier molecular flexibility index (Phi) is 7.38. The van der Waals surface area contributed by atoms with Crippen molar-refractivity contribution in [1.29, 1.82) is 0 Å². The van der Waals surface area contributed by atoms with E-state index in [1.54, 1.807) is 23.1 Å². The van der Waals surface area contributed by atoms with Gasteiger partial charge in [-0.1, -0.05) is 28.9 Å². The molecule has 4 aromatic rings. The summed E-state index contributed by atoms with van der Waals surface area (Å²) in [5.41, 5.74) is -0.636. The fraction of sp³-hybridized carbons (Fsp3) is 0.320. The molecule has 1 aliphatic rings. The summed E-state index contributed by atoms with van der Waals surface area (Å²) in [4.78, 5) is 22.9. The molecule has 0 radical (unpaired) electrons. The van der Waals surface area contributed by atoms with Crippen LogP contribution < -0.4 is 0 Å². The van der Waals surface area contributed by atoms with Gasteiger partial charge in [-0.2, -0.15) is 18.3 Å². The number of alkyl halides is 3. The van der Waals surface area contributed by atoms with Gasteiger partial charge in [-0.15, -0.1) is 0 Å². The Bertz CT molecular complexity index is 1480. The number of aliphatic hydroxyl groups excluding tert-OH is 1. The van der Waals surface area contributed by atoms with Gasteiger partial charge in [0.2, 0.25) is 0 Å². The van der Waals surface area contributed by atoms with Gasteiger partial charge in [0.25, 0.3) is 5.91 Å². The quantitative estimate of drug-likeness (QED) is 0.371. The number of aromatic nitrogens is 5. The lowest BCUT2D eigenvalue weighted by Gasteiger charge is -2.27. The van der Waals surface area contributed by atoms with Crippen LogP contribution in [0.5, 0.6) is 0 Å². The highest BCUT2D eigenvalue weighted by Gasteiger charge is 2.41. The normalized spacial score (nSPS) is 15.0. The maximum Gasteiger partial charge on any atom is 0.433 e. The van der Waals surface area contributed by atoms with Crippen molar-refractivity contribution in [1.82, 2.24) is 29.8 Å². The second-order valence-electron chi connectivity index (χ2n) is 8.84. The van der Waals surface area contributed by atoms with E-state index in [1.165, 1.54) is 25.5 Å².